The Labute approximate surface area is 102 Å². The molecule has 0 amide bonds. The van der Waals surface area contributed by atoms with Crippen LogP contribution < -0.4 is 4.46 Å². The Bertz CT molecular complexity index is 521. The van der Waals surface area contributed by atoms with Gasteiger partial charge in [0.05, 0.1) is 0 Å². The van der Waals surface area contributed by atoms with Crippen molar-refractivity contribution >= 4 is 26.4 Å². The van der Waals surface area contributed by atoms with Gasteiger partial charge in [0.15, 0.2) is 0 Å². The van der Waals surface area contributed by atoms with E-state index in [0.717, 1.165) is 15.6 Å². The van der Waals surface area contributed by atoms with E-state index in [2.05, 4.69) is 16.0 Å². The monoisotopic (exact) mass is 277 g/mol. The zero-order valence-corrected chi connectivity index (χ0v) is 10.1. The van der Waals surface area contributed by atoms with Gasteiger partial charge in [-0.1, -0.05) is 0 Å². The molecule has 1 radical (unpaired) electrons. The van der Waals surface area contributed by atoms with E-state index in [1.54, 1.807) is 12.1 Å². The molecule has 0 heterocycles. The number of carboxylic acids is 1. The molecule has 79 valence electrons. The number of benzene rings is 2. The molecule has 2 nitrogen and oxygen atoms in total. The van der Waals surface area contributed by atoms with Crippen molar-refractivity contribution < 1.29 is 9.90 Å². The standard InChI is InChI=1S/C13H9O2Se/c14-13(15)10-7-4-8-11(16)12(10)9-5-2-1-3-6-9/h1-8H,(H,14,15). The SMILES string of the molecule is O=C(O)c1cccc([Se])c1-c1ccccc1. The first kappa shape index (κ1) is 10.9. The van der Waals surface area contributed by atoms with Crippen molar-refractivity contribution in [1.82, 2.24) is 0 Å². The van der Waals surface area contributed by atoms with Crippen LogP contribution in [0.4, 0.5) is 0 Å². The van der Waals surface area contributed by atoms with Crippen molar-refractivity contribution in [3.05, 3.63) is 54.1 Å². The zero-order valence-electron chi connectivity index (χ0n) is 8.38. The van der Waals surface area contributed by atoms with E-state index in [9.17, 15) is 4.79 Å². The topological polar surface area (TPSA) is 37.3 Å². The molecule has 3 heteroatoms. The Balaban J connectivity index is 2.68. The van der Waals surface area contributed by atoms with Crippen LogP contribution in [0.5, 0.6) is 0 Å². The summed E-state index contributed by atoms with van der Waals surface area (Å²) < 4.78 is 0.853. The third-order valence-corrected chi connectivity index (χ3v) is 3.03. The number of hydrogen-bond acceptors (Lipinski definition) is 1. The van der Waals surface area contributed by atoms with Crippen molar-refractivity contribution in [3.63, 3.8) is 0 Å². The van der Waals surface area contributed by atoms with Gasteiger partial charge in [-0.05, 0) is 0 Å². The van der Waals surface area contributed by atoms with Gasteiger partial charge in [-0.15, -0.1) is 0 Å². The maximum atomic E-state index is 11.1. The van der Waals surface area contributed by atoms with Crippen molar-refractivity contribution in [2.75, 3.05) is 0 Å². The molecular weight excluding hydrogens is 267 g/mol. The molecule has 0 saturated carbocycles. The van der Waals surface area contributed by atoms with Crippen LogP contribution in [0.15, 0.2) is 48.5 Å². The normalized spacial score (nSPS) is 10.0. The third kappa shape index (κ3) is 2.01. The van der Waals surface area contributed by atoms with Crippen molar-refractivity contribution in [2.45, 2.75) is 0 Å². The molecule has 2 aromatic rings. The average molecular weight is 276 g/mol. The second-order valence-corrected chi connectivity index (χ2v) is 4.27. The van der Waals surface area contributed by atoms with Crippen LogP contribution in [0, 0.1) is 0 Å². The summed E-state index contributed by atoms with van der Waals surface area (Å²) in [6, 6.07) is 14.7. The van der Waals surface area contributed by atoms with Crippen LogP contribution >= 0.6 is 0 Å². The number of rotatable bonds is 2. The molecule has 0 aliphatic carbocycles. The van der Waals surface area contributed by atoms with Gasteiger partial charge in [0.1, 0.15) is 0 Å². The van der Waals surface area contributed by atoms with Gasteiger partial charge in [-0.25, -0.2) is 0 Å². The second kappa shape index (κ2) is 4.52. The minimum absolute atomic E-state index is 0.322. The Morgan fingerprint density at radius 1 is 1.00 bits per heavy atom. The third-order valence-electron chi connectivity index (χ3n) is 2.32. The number of carboxylic acid groups (broad SMARTS) is 1. The molecule has 0 aromatic heterocycles. The fourth-order valence-electron chi connectivity index (χ4n) is 1.61. The van der Waals surface area contributed by atoms with Gasteiger partial charge in [-0.3, -0.25) is 0 Å². The molecule has 0 atom stereocenters. The van der Waals surface area contributed by atoms with Crippen molar-refractivity contribution in [1.29, 1.82) is 0 Å². The maximum absolute atomic E-state index is 11.1. The molecule has 0 aliphatic heterocycles. The molecule has 0 unspecified atom stereocenters. The first-order valence-corrected chi connectivity index (χ1v) is 5.64. The summed E-state index contributed by atoms with van der Waals surface area (Å²) in [5.74, 6) is -0.907. The number of hydrogen-bond donors (Lipinski definition) is 1. The quantitative estimate of drug-likeness (QED) is 0.850. The Kier molecular flexibility index (Phi) is 3.09. The summed E-state index contributed by atoms with van der Waals surface area (Å²) in [4.78, 5) is 11.1. The molecule has 0 spiro atoms. The molecule has 0 aliphatic rings. The van der Waals surface area contributed by atoms with E-state index in [4.69, 9.17) is 5.11 Å². The van der Waals surface area contributed by atoms with Gasteiger partial charge in [0.25, 0.3) is 0 Å². The molecule has 0 saturated heterocycles. The van der Waals surface area contributed by atoms with Gasteiger partial charge < -0.3 is 0 Å². The molecular formula is C13H9O2Se. The van der Waals surface area contributed by atoms with Crippen LogP contribution in [0.1, 0.15) is 10.4 Å². The predicted octanol–water partition coefficient (Wildman–Crippen LogP) is 1.85. The molecule has 2 rings (SSSR count). The summed E-state index contributed by atoms with van der Waals surface area (Å²) in [5, 5.41) is 9.14. The van der Waals surface area contributed by atoms with Crippen molar-refractivity contribution in [3.8, 4) is 11.1 Å². The van der Waals surface area contributed by atoms with Gasteiger partial charge in [0, 0.05) is 0 Å². The van der Waals surface area contributed by atoms with Gasteiger partial charge >= 0.3 is 102 Å². The van der Waals surface area contributed by atoms with Crippen LogP contribution in [-0.4, -0.2) is 27.1 Å². The van der Waals surface area contributed by atoms with Gasteiger partial charge in [-0.2, -0.15) is 0 Å². The Hall–Kier alpha value is -1.57. The second-order valence-electron chi connectivity index (χ2n) is 3.35. The first-order valence-electron chi connectivity index (χ1n) is 4.79. The predicted molar refractivity (Wildman–Crippen MR) is 64.2 cm³/mol. The first-order chi connectivity index (χ1) is 7.70. The molecule has 0 bridgehead atoms. The van der Waals surface area contributed by atoms with E-state index in [0.29, 0.717) is 5.56 Å². The average Bonchev–Trinajstić information content (AvgIpc) is 2.29. The van der Waals surface area contributed by atoms with E-state index in [-0.39, 0.29) is 0 Å². The molecule has 1 N–H and O–H groups in total. The summed E-state index contributed by atoms with van der Waals surface area (Å²) in [6.07, 6.45) is 0. The Morgan fingerprint density at radius 2 is 1.69 bits per heavy atom. The Morgan fingerprint density at radius 3 is 2.31 bits per heavy atom. The minimum atomic E-state index is -0.907. The van der Waals surface area contributed by atoms with Crippen LogP contribution in [0.2, 0.25) is 0 Å². The molecule has 0 fully saturated rings. The summed E-state index contributed by atoms with van der Waals surface area (Å²) in [6.45, 7) is 0. The van der Waals surface area contributed by atoms with Crippen LogP contribution in [0.25, 0.3) is 11.1 Å². The van der Waals surface area contributed by atoms with Crippen LogP contribution in [0.3, 0.4) is 0 Å². The number of aromatic carboxylic acids is 1. The summed E-state index contributed by atoms with van der Waals surface area (Å²) in [7, 11) is 0. The van der Waals surface area contributed by atoms with E-state index < -0.39 is 5.97 Å². The van der Waals surface area contributed by atoms with E-state index >= 15 is 0 Å². The number of carbonyl (C=O) groups is 1. The zero-order chi connectivity index (χ0) is 11.5. The van der Waals surface area contributed by atoms with Gasteiger partial charge in [0.2, 0.25) is 0 Å². The summed E-state index contributed by atoms with van der Waals surface area (Å²) >= 11 is 2.90. The molecule has 2 aromatic carbocycles. The fourth-order valence-corrected chi connectivity index (χ4v) is 2.25. The fraction of sp³-hybridized carbons (Fsp3) is 0. The van der Waals surface area contributed by atoms with E-state index in [1.807, 2.05) is 36.4 Å². The van der Waals surface area contributed by atoms with E-state index in [1.165, 1.54) is 0 Å². The molecule has 16 heavy (non-hydrogen) atoms. The van der Waals surface area contributed by atoms with Crippen molar-refractivity contribution in [2.24, 2.45) is 0 Å². The summed E-state index contributed by atoms with van der Waals surface area (Å²) in [5.41, 5.74) is 1.98. The van der Waals surface area contributed by atoms with Crippen LogP contribution in [-0.2, 0) is 0 Å².